The lowest BCUT2D eigenvalue weighted by atomic mass is 10.0. The molecule has 0 spiro atoms. The fourth-order valence-corrected chi connectivity index (χ4v) is 1.75. The minimum absolute atomic E-state index is 0.0748. The Balaban J connectivity index is 2.62. The van der Waals surface area contributed by atoms with Crippen LogP contribution in [0.5, 0.6) is 0 Å². The van der Waals surface area contributed by atoms with Crippen LogP contribution in [-0.4, -0.2) is 22.1 Å². The Bertz CT molecular complexity index is 379. The van der Waals surface area contributed by atoms with Crippen LogP contribution in [0, 0.1) is 5.92 Å². The highest BCUT2D eigenvalue weighted by molar-refractivity contribution is 5.86. The van der Waals surface area contributed by atoms with Gasteiger partial charge in [-0.15, -0.1) is 0 Å². The maximum atomic E-state index is 10.8. The molecule has 0 saturated carbocycles. The molecule has 0 aliphatic rings. The van der Waals surface area contributed by atoms with Crippen molar-refractivity contribution in [3.8, 4) is 0 Å². The third kappa shape index (κ3) is 4.43. The lowest BCUT2D eigenvalue weighted by Crippen LogP contribution is -2.18. The number of carboxylic acid groups (broad SMARTS) is 1. The monoisotopic (exact) mass is 236 g/mol. The lowest BCUT2D eigenvalue weighted by Gasteiger charge is -2.18. The molecule has 1 heterocycles. The number of hydrogen-bond acceptors (Lipinski definition) is 3. The second kappa shape index (κ2) is 6.23. The zero-order valence-electron chi connectivity index (χ0n) is 10.6. The Hall–Kier alpha value is -1.58. The third-order valence-corrected chi connectivity index (χ3v) is 2.84. The van der Waals surface area contributed by atoms with Gasteiger partial charge in [-0.1, -0.05) is 20.3 Å². The Labute approximate surface area is 102 Å². The molecule has 0 radical (unpaired) electrons. The summed E-state index contributed by atoms with van der Waals surface area (Å²) in [6.45, 7) is 6.49. The van der Waals surface area contributed by atoms with Crippen molar-refractivity contribution in [2.24, 2.45) is 5.92 Å². The molecule has 0 aliphatic heterocycles. The van der Waals surface area contributed by atoms with Crippen molar-refractivity contribution in [3.05, 3.63) is 24.0 Å². The fourth-order valence-electron chi connectivity index (χ4n) is 1.75. The number of carbonyl (C=O) groups is 1. The van der Waals surface area contributed by atoms with Crippen LogP contribution < -0.4 is 5.32 Å². The second-order valence-corrected chi connectivity index (χ2v) is 4.53. The van der Waals surface area contributed by atoms with E-state index in [1.165, 1.54) is 6.20 Å². The predicted molar refractivity (Wildman–Crippen MR) is 68.4 cm³/mol. The van der Waals surface area contributed by atoms with Gasteiger partial charge in [-0.3, -0.25) is 0 Å². The van der Waals surface area contributed by atoms with Gasteiger partial charge in [-0.05, 0) is 31.4 Å². The van der Waals surface area contributed by atoms with E-state index in [4.69, 9.17) is 5.11 Å². The van der Waals surface area contributed by atoms with Gasteiger partial charge in [0.25, 0.3) is 0 Å². The van der Waals surface area contributed by atoms with Gasteiger partial charge < -0.3 is 10.4 Å². The molecule has 0 saturated heterocycles. The van der Waals surface area contributed by atoms with E-state index in [1.807, 2.05) is 0 Å². The van der Waals surface area contributed by atoms with E-state index in [0.29, 0.717) is 12.0 Å². The molecule has 4 nitrogen and oxygen atoms in total. The second-order valence-electron chi connectivity index (χ2n) is 4.53. The van der Waals surface area contributed by atoms with Crippen LogP contribution in [0.1, 0.15) is 44.1 Å². The van der Waals surface area contributed by atoms with Crippen molar-refractivity contribution >= 4 is 11.7 Å². The van der Waals surface area contributed by atoms with Crippen LogP contribution in [0.2, 0.25) is 0 Å². The van der Waals surface area contributed by atoms with Gasteiger partial charge in [0.05, 0.1) is 0 Å². The third-order valence-electron chi connectivity index (χ3n) is 2.84. The zero-order chi connectivity index (χ0) is 12.8. The molecule has 0 aromatic carbocycles. The van der Waals surface area contributed by atoms with Gasteiger partial charge in [-0.2, -0.15) is 0 Å². The Morgan fingerprint density at radius 2 is 2.24 bits per heavy atom. The lowest BCUT2D eigenvalue weighted by molar-refractivity contribution is 0.0690. The summed E-state index contributed by atoms with van der Waals surface area (Å²) < 4.78 is 0. The van der Waals surface area contributed by atoms with E-state index < -0.39 is 5.97 Å². The quantitative estimate of drug-likeness (QED) is 0.797. The van der Waals surface area contributed by atoms with Crippen LogP contribution in [0.15, 0.2) is 18.3 Å². The molecule has 17 heavy (non-hydrogen) atoms. The highest BCUT2D eigenvalue weighted by atomic mass is 16.4. The summed E-state index contributed by atoms with van der Waals surface area (Å²) in [6, 6.07) is 3.68. The SMILES string of the molecule is CCC(C)CC(C)Nc1ccnc(C(=O)O)c1. The minimum Gasteiger partial charge on any atom is -0.477 e. The summed E-state index contributed by atoms with van der Waals surface area (Å²) in [7, 11) is 0. The molecular weight excluding hydrogens is 216 g/mol. The number of aromatic carboxylic acids is 1. The molecule has 0 fully saturated rings. The van der Waals surface area contributed by atoms with Crippen molar-refractivity contribution in [3.63, 3.8) is 0 Å². The maximum absolute atomic E-state index is 10.8. The van der Waals surface area contributed by atoms with Crippen LogP contribution in [-0.2, 0) is 0 Å². The standard InChI is InChI=1S/C13H20N2O2/c1-4-9(2)7-10(3)15-11-5-6-14-12(8-11)13(16)17/h5-6,8-10H,4,7H2,1-3H3,(H,14,15)(H,16,17). The summed E-state index contributed by atoms with van der Waals surface area (Å²) in [6.07, 6.45) is 3.74. The van der Waals surface area contributed by atoms with Crippen molar-refractivity contribution in [1.82, 2.24) is 4.98 Å². The largest absolute Gasteiger partial charge is 0.477 e. The molecule has 0 amide bonds. The van der Waals surface area contributed by atoms with Gasteiger partial charge in [-0.25, -0.2) is 9.78 Å². The number of hydrogen-bond donors (Lipinski definition) is 2. The Morgan fingerprint density at radius 1 is 1.53 bits per heavy atom. The number of nitrogens with one attached hydrogen (secondary N) is 1. The Morgan fingerprint density at radius 3 is 2.82 bits per heavy atom. The Kier molecular flexibility index (Phi) is 4.94. The van der Waals surface area contributed by atoms with Gasteiger partial charge in [0, 0.05) is 17.9 Å². The minimum atomic E-state index is -0.997. The first-order valence-corrected chi connectivity index (χ1v) is 5.98. The molecule has 1 rings (SSSR count). The highest BCUT2D eigenvalue weighted by Crippen LogP contribution is 2.15. The van der Waals surface area contributed by atoms with E-state index in [2.05, 4.69) is 31.1 Å². The molecule has 4 heteroatoms. The number of rotatable bonds is 6. The zero-order valence-corrected chi connectivity index (χ0v) is 10.6. The first-order chi connectivity index (χ1) is 8.02. The molecule has 2 N–H and O–H groups in total. The number of anilines is 1. The molecule has 2 unspecified atom stereocenters. The molecule has 0 aliphatic carbocycles. The fraction of sp³-hybridized carbons (Fsp3) is 0.538. The van der Waals surface area contributed by atoms with Crippen LogP contribution in [0.3, 0.4) is 0 Å². The molecule has 1 aromatic rings. The van der Waals surface area contributed by atoms with E-state index in [1.54, 1.807) is 12.1 Å². The van der Waals surface area contributed by atoms with Crippen LogP contribution >= 0.6 is 0 Å². The normalized spacial score (nSPS) is 14.1. The number of aromatic nitrogens is 1. The average Bonchev–Trinajstić information content (AvgIpc) is 2.28. The summed E-state index contributed by atoms with van der Waals surface area (Å²) in [5.41, 5.74) is 0.888. The van der Waals surface area contributed by atoms with Crippen molar-refractivity contribution < 1.29 is 9.90 Å². The first-order valence-electron chi connectivity index (χ1n) is 5.98. The van der Waals surface area contributed by atoms with Gasteiger partial charge in [0.1, 0.15) is 5.69 Å². The van der Waals surface area contributed by atoms with E-state index in [9.17, 15) is 4.79 Å². The summed E-state index contributed by atoms with van der Waals surface area (Å²) in [5, 5.41) is 12.1. The van der Waals surface area contributed by atoms with Crippen molar-refractivity contribution in [1.29, 1.82) is 0 Å². The summed E-state index contributed by atoms with van der Waals surface area (Å²) >= 11 is 0. The van der Waals surface area contributed by atoms with Gasteiger partial charge in [0.2, 0.25) is 0 Å². The smallest absolute Gasteiger partial charge is 0.354 e. The average molecular weight is 236 g/mol. The molecule has 0 bridgehead atoms. The molecule has 2 atom stereocenters. The van der Waals surface area contributed by atoms with E-state index in [0.717, 1.165) is 18.5 Å². The molecule has 94 valence electrons. The van der Waals surface area contributed by atoms with Crippen molar-refractivity contribution in [2.45, 2.75) is 39.7 Å². The van der Waals surface area contributed by atoms with Gasteiger partial charge >= 0.3 is 5.97 Å². The van der Waals surface area contributed by atoms with Gasteiger partial charge in [0.15, 0.2) is 0 Å². The molecule has 1 aromatic heterocycles. The van der Waals surface area contributed by atoms with Crippen LogP contribution in [0.25, 0.3) is 0 Å². The first kappa shape index (κ1) is 13.5. The topological polar surface area (TPSA) is 62.2 Å². The molecular formula is C13H20N2O2. The highest BCUT2D eigenvalue weighted by Gasteiger charge is 2.09. The number of carboxylic acids is 1. The van der Waals surface area contributed by atoms with E-state index in [-0.39, 0.29) is 5.69 Å². The summed E-state index contributed by atoms with van der Waals surface area (Å²) in [4.78, 5) is 14.6. The van der Waals surface area contributed by atoms with Crippen LogP contribution in [0.4, 0.5) is 5.69 Å². The predicted octanol–water partition coefficient (Wildman–Crippen LogP) is 3.02. The van der Waals surface area contributed by atoms with E-state index >= 15 is 0 Å². The summed E-state index contributed by atoms with van der Waals surface area (Å²) in [5.74, 6) is -0.332. The number of pyridine rings is 1. The number of nitrogens with zero attached hydrogens (tertiary/aromatic N) is 1. The van der Waals surface area contributed by atoms with Crippen molar-refractivity contribution in [2.75, 3.05) is 5.32 Å². The maximum Gasteiger partial charge on any atom is 0.354 e.